The Balaban J connectivity index is 1.57. The number of amides is 1. The van der Waals surface area contributed by atoms with E-state index in [0.29, 0.717) is 29.6 Å². The summed E-state index contributed by atoms with van der Waals surface area (Å²) in [7, 11) is 3.42. The number of pyridine rings is 1. The number of hydrogen-bond acceptors (Lipinski definition) is 5. The molecule has 0 radical (unpaired) electrons. The summed E-state index contributed by atoms with van der Waals surface area (Å²) in [4.78, 5) is 20.2. The van der Waals surface area contributed by atoms with E-state index < -0.39 is 0 Å². The Hall–Kier alpha value is -3.35. The van der Waals surface area contributed by atoms with Gasteiger partial charge in [-0.25, -0.2) is 9.97 Å². The number of imidazole rings is 1. The zero-order valence-electron chi connectivity index (χ0n) is 14.0. The number of aromatic nitrogens is 3. The quantitative estimate of drug-likeness (QED) is 0.747. The SMILES string of the molecule is COc1cccc(Oc2ccc(CNC(=O)c3cn(C)cn3)cn2)c1. The van der Waals surface area contributed by atoms with Gasteiger partial charge in [0.05, 0.1) is 13.4 Å². The molecule has 0 aliphatic carbocycles. The van der Waals surface area contributed by atoms with Crippen molar-refractivity contribution >= 4 is 5.91 Å². The van der Waals surface area contributed by atoms with E-state index in [0.717, 1.165) is 5.56 Å². The van der Waals surface area contributed by atoms with Crippen LogP contribution >= 0.6 is 0 Å². The summed E-state index contributed by atoms with van der Waals surface area (Å²) in [5.74, 6) is 1.60. The van der Waals surface area contributed by atoms with Gasteiger partial charge in [0.15, 0.2) is 0 Å². The van der Waals surface area contributed by atoms with Crippen LogP contribution in [0.25, 0.3) is 0 Å². The van der Waals surface area contributed by atoms with E-state index in [1.807, 2.05) is 31.3 Å². The van der Waals surface area contributed by atoms with E-state index in [1.54, 1.807) is 42.5 Å². The molecule has 1 aromatic carbocycles. The molecule has 0 aliphatic rings. The molecular formula is C18H18N4O3. The molecule has 7 heteroatoms. The maximum absolute atomic E-state index is 12.0. The molecule has 3 rings (SSSR count). The third-order valence-electron chi connectivity index (χ3n) is 3.45. The molecule has 1 amide bonds. The van der Waals surface area contributed by atoms with Crippen molar-refractivity contribution in [1.82, 2.24) is 19.9 Å². The monoisotopic (exact) mass is 338 g/mol. The van der Waals surface area contributed by atoms with Crippen LogP contribution < -0.4 is 14.8 Å². The van der Waals surface area contributed by atoms with Crippen molar-refractivity contribution in [3.05, 3.63) is 66.4 Å². The van der Waals surface area contributed by atoms with Gasteiger partial charge in [0.1, 0.15) is 17.2 Å². The number of nitrogens with zero attached hydrogens (tertiary/aromatic N) is 3. The molecule has 128 valence electrons. The maximum atomic E-state index is 12.0. The molecule has 0 fully saturated rings. The highest BCUT2D eigenvalue weighted by atomic mass is 16.5. The molecule has 3 aromatic rings. The number of ether oxygens (including phenoxy) is 2. The summed E-state index contributed by atoms with van der Waals surface area (Å²) >= 11 is 0. The Bertz CT molecular complexity index is 859. The van der Waals surface area contributed by atoms with Crippen LogP contribution in [0.2, 0.25) is 0 Å². The van der Waals surface area contributed by atoms with Crippen molar-refractivity contribution in [2.75, 3.05) is 7.11 Å². The average molecular weight is 338 g/mol. The second-order valence-corrected chi connectivity index (χ2v) is 5.39. The van der Waals surface area contributed by atoms with E-state index in [4.69, 9.17) is 9.47 Å². The average Bonchev–Trinajstić information content (AvgIpc) is 3.07. The zero-order chi connectivity index (χ0) is 17.6. The Morgan fingerprint density at radius 3 is 2.72 bits per heavy atom. The molecular weight excluding hydrogens is 320 g/mol. The van der Waals surface area contributed by atoms with Gasteiger partial charge < -0.3 is 19.4 Å². The van der Waals surface area contributed by atoms with Crippen LogP contribution in [0.15, 0.2) is 55.1 Å². The van der Waals surface area contributed by atoms with E-state index >= 15 is 0 Å². The fraction of sp³-hybridized carbons (Fsp3) is 0.167. The smallest absolute Gasteiger partial charge is 0.271 e. The van der Waals surface area contributed by atoms with Crippen molar-refractivity contribution in [1.29, 1.82) is 0 Å². The summed E-state index contributed by atoms with van der Waals surface area (Å²) in [6.07, 6.45) is 4.91. The highest BCUT2D eigenvalue weighted by Gasteiger charge is 2.08. The van der Waals surface area contributed by atoms with Crippen LogP contribution in [0.1, 0.15) is 16.1 Å². The third-order valence-corrected chi connectivity index (χ3v) is 3.45. The fourth-order valence-electron chi connectivity index (χ4n) is 2.16. The second kappa shape index (κ2) is 7.48. The molecule has 7 nitrogen and oxygen atoms in total. The second-order valence-electron chi connectivity index (χ2n) is 5.39. The minimum atomic E-state index is -0.225. The third kappa shape index (κ3) is 4.35. The van der Waals surface area contributed by atoms with Crippen LogP contribution in [0.4, 0.5) is 0 Å². The largest absolute Gasteiger partial charge is 0.497 e. The minimum Gasteiger partial charge on any atom is -0.497 e. The van der Waals surface area contributed by atoms with Gasteiger partial charge in [0, 0.05) is 38.1 Å². The van der Waals surface area contributed by atoms with E-state index in [1.165, 1.54) is 0 Å². The normalized spacial score (nSPS) is 10.3. The highest BCUT2D eigenvalue weighted by molar-refractivity contribution is 5.91. The maximum Gasteiger partial charge on any atom is 0.271 e. The van der Waals surface area contributed by atoms with E-state index in [2.05, 4.69) is 15.3 Å². The lowest BCUT2D eigenvalue weighted by molar-refractivity contribution is 0.0946. The summed E-state index contributed by atoms with van der Waals surface area (Å²) in [5.41, 5.74) is 1.25. The standard InChI is InChI=1S/C18H18N4O3/c1-22-11-16(21-12-22)18(23)20-10-13-6-7-17(19-9-13)25-15-5-3-4-14(8-15)24-2/h3-9,11-12H,10H2,1-2H3,(H,20,23). The lowest BCUT2D eigenvalue weighted by Gasteiger charge is -2.07. The summed E-state index contributed by atoms with van der Waals surface area (Å²) in [5, 5.41) is 2.80. The first-order valence-corrected chi connectivity index (χ1v) is 7.67. The van der Waals surface area contributed by atoms with E-state index in [9.17, 15) is 4.79 Å². The predicted octanol–water partition coefficient (Wildman–Crippen LogP) is 2.55. The van der Waals surface area contributed by atoms with Crippen LogP contribution in [0.3, 0.4) is 0 Å². The van der Waals surface area contributed by atoms with Crippen molar-refractivity contribution in [2.45, 2.75) is 6.54 Å². The number of carbonyl (C=O) groups excluding carboxylic acids is 1. The fourth-order valence-corrected chi connectivity index (χ4v) is 2.16. The van der Waals surface area contributed by atoms with Gasteiger partial charge in [-0.1, -0.05) is 12.1 Å². The first-order valence-electron chi connectivity index (χ1n) is 7.67. The zero-order valence-corrected chi connectivity index (χ0v) is 14.0. The molecule has 0 unspecified atom stereocenters. The summed E-state index contributed by atoms with van der Waals surface area (Å²) < 4.78 is 12.6. The summed E-state index contributed by atoms with van der Waals surface area (Å²) in [6.45, 7) is 0.363. The Morgan fingerprint density at radius 1 is 1.20 bits per heavy atom. The number of nitrogens with one attached hydrogen (secondary N) is 1. The van der Waals surface area contributed by atoms with Crippen LogP contribution in [0.5, 0.6) is 17.4 Å². The molecule has 0 saturated heterocycles. The van der Waals surface area contributed by atoms with Crippen molar-refractivity contribution in [3.8, 4) is 17.4 Å². The lowest BCUT2D eigenvalue weighted by Crippen LogP contribution is -2.23. The Labute approximate surface area is 145 Å². The molecule has 0 bridgehead atoms. The van der Waals surface area contributed by atoms with Gasteiger partial charge in [-0.2, -0.15) is 0 Å². The Kier molecular flexibility index (Phi) is 4.94. The highest BCUT2D eigenvalue weighted by Crippen LogP contribution is 2.23. The molecule has 0 aliphatic heterocycles. The Morgan fingerprint density at radius 2 is 2.04 bits per heavy atom. The van der Waals surface area contributed by atoms with Gasteiger partial charge in [-0.15, -0.1) is 0 Å². The molecule has 0 spiro atoms. The van der Waals surface area contributed by atoms with E-state index in [-0.39, 0.29) is 5.91 Å². The molecule has 0 saturated carbocycles. The number of carbonyl (C=O) groups is 1. The molecule has 25 heavy (non-hydrogen) atoms. The molecule has 1 N–H and O–H groups in total. The minimum absolute atomic E-state index is 0.225. The van der Waals surface area contributed by atoms with Crippen molar-refractivity contribution in [3.63, 3.8) is 0 Å². The number of benzene rings is 1. The van der Waals surface area contributed by atoms with Crippen LogP contribution in [0, 0.1) is 0 Å². The van der Waals surface area contributed by atoms with Gasteiger partial charge in [-0.05, 0) is 17.7 Å². The number of aryl methyl sites for hydroxylation is 1. The van der Waals surface area contributed by atoms with Gasteiger partial charge in [0.2, 0.25) is 5.88 Å². The number of methoxy groups -OCH3 is 1. The topological polar surface area (TPSA) is 78.3 Å². The molecule has 2 aromatic heterocycles. The first-order chi connectivity index (χ1) is 12.1. The first kappa shape index (κ1) is 16.5. The van der Waals surface area contributed by atoms with Gasteiger partial charge >= 0.3 is 0 Å². The van der Waals surface area contributed by atoms with Crippen molar-refractivity contribution < 1.29 is 14.3 Å². The van der Waals surface area contributed by atoms with Gasteiger partial charge in [-0.3, -0.25) is 4.79 Å². The van der Waals surface area contributed by atoms with Crippen LogP contribution in [-0.4, -0.2) is 27.6 Å². The molecule has 0 atom stereocenters. The number of hydrogen-bond donors (Lipinski definition) is 1. The lowest BCUT2D eigenvalue weighted by atomic mass is 10.3. The summed E-state index contributed by atoms with van der Waals surface area (Å²) in [6, 6.07) is 10.9. The number of rotatable bonds is 6. The molecule has 2 heterocycles. The van der Waals surface area contributed by atoms with Crippen LogP contribution in [-0.2, 0) is 13.6 Å². The predicted molar refractivity (Wildman–Crippen MR) is 91.7 cm³/mol. The van der Waals surface area contributed by atoms with Gasteiger partial charge in [0.25, 0.3) is 5.91 Å². The van der Waals surface area contributed by atoms with Crippen molar-refractivity contribution in [2.24, 2.45) is 7.05 Å².